The quantitative estimate of drug-likeness (QED) is 0.0129. The zero-order valence-electron chi connectivity index (χ0n) is 27.6. The molecule has 24 nitrogen and oxygen atoms in total. The van der Waals surface area contributed by atoms with Gasteiger partial charge in [-0.1, -0.05) is 5.04 Å². The predicted octanol–water partition coefficient (Wildman–Crippen LogP) is 4.38. The fourth-order valence-corrected chi connectivity index (χ4v) is 8.11. The molecule has 5 rings (SSSR count). The van der Waals surface area contributed by atoms with E-state index in [1.807, 2.05) is 0 Å². The highest BCUT2D eigenvalue weighted by atomic mass is 35.5. The average Bonchev–Trinajstić information content (AvgIpc) is 3.10. The van der Waals surface area contributed by atoms with Crippen LogP contribution in [0.1, 0.15) is 0 Å². The number of aromatic hydroxyl groups is 1. The molecule has 0 fully saturated rings. The van der Waals surface area contributed by atoms with Gasteiger partial charge in [0, 0.05) is 17.4 Å². The van der Waals surface area contributed by atoms with Crippen LogP contribution in [0.5, 0.6) is 5.75 Å². The first-order valence-electron chi connectivity index (χ1n) is 14.7. The van der Waals surface area contributed by atoms with Crippen LogP contribution in [-0.4, -0.2) is 85.0 Å². The van der Waals surface area contributed by atoms with Crippen molar-refractivity contribution in [1.82, 2.24) is 15.0 Å². The Morgan fingerprint density at radius 3 is 1.96 bits per heavy atom. The summed E-state index contributed by atoms with van der Waals surface area (Å²) in [5.41, 5.74) is 4.05. The van der Waals surface area contributed by atoms with Gasteiger partial charge in [0.05, 0.1) is 33.2 Å². The Hall–Kier alpha value is -4.89. The predicted molar refractivity (Wildman–Crippen MR) is 198 cm³/mol. The minimum Gasteiger partial charge on any atom is -0.507 e. The maximum atomic E-state index is 12.5. The van der Waals surface area contributed by atoms with Crippen LogP contribution in [0.2, 0.25) is 5.28 Å². The number of sulfone groups is 1. The topological polar surface area (TPSA) is 379 Å². The summed E-state index contributed by atoms with van der Waals surface area (Å²) in [4.78, 5) is 9.12. The van der Waals surface area contributed by atoms with E-state index in [2.05, 4.69) is 45.2 Å². The Morgan fingerprint density at radius 2 is 1.37 bits per heavy atom. The third-order valence-electron chi connectivity index (χ3n) is 7.11. The molecule has 30 heteroatoms. The van der Waals surface area contributed by atoms with Crippen molar-refractivity contribution in [3.63, 3.8) is 0 Å². The highest BCUT2D eigenvalue weighted by Gasteiger charge is 2.25. The van der Waals surface area contributed by atoms with Crippen molar-refractivity contribution >= 4 is 115 Å². The fourth-order valence-electron chi connectivity index (χ4n) is 4.71. The second-order valence-electron chi connectivity index (χ2n) is 10.9. The van der Waals surface area contributed by atoms with Crippen LogP contribution in [0, 0.1) is 0 Å². The molecule has 0 saturated heterocycles. The van der Waals surface area contributed by atoms with Gasteiger partial charge in [-0.2, -0.15) is 40.2 Å². The Labute approximate surface area is 330 Å². The number of aromatic nitrogens is 3. The van der Waals surface area contributed by atoms with Crippen LogP contribution in [-0.2, 0) is 53.7 Å². The number of nitrogens with two attached hydrogens (primary N) is 1. The van der Waals surface area contributed by atoms with Gasteiger partial charge in [-0.05, 0) is 71.6 Å². The summed E-state index contributed by atoms with van der Waals surface area (Å²) < 4.78 is 136. The largest absolute Gasteiger partial charge is 0.507 e. The molecule has 0 unspecified atom stereocenters. The standard InChI is InChI=1S/C27H23ClN8O16S5/c28-25-32-26(30-14-1-4-16(5-2-14)54(39,40)8-7-50-53-52-51-38)34-27(33-25)31-15-3-6-18(20(11-15)56(44,45)46)35-36-24-22-13(10-21(23(24)29)57(47,48)49)9-17(12-19(22)37)55(41,42)43/h1-6,9-12,37-38H,7-8,29H2,(H,41,42,43)(H,44,45,46)(H,47,48,49)(H2,30,31,32,33,34). The maximum Gasteiger partial charge on any atom is 0.296 e. The van der Waals surface area contributed by atoms with E-state index >= 15 is 0 Å². The summed E-state index contributed by atoms with van der Waals surface area (Å²) in [6.45, 7) is -0.301. The summed E-state index contributed by atoms with van der Waals surface area (Å²) in [5, 5.41) is 33.7. The van der Waals surface area contributed by atoms with Crippen molar-refractivity contribution in [3.8, 4) is 5.75 Å². The summed E-state index contributed by atoms with van der Waals surface area (Å²) >= 11 is 6.28. The van der Waals surface area contributed by atoms with Crippen LogP contribution in [0.3, 0.4) is 0 Å². The number of nitrogens with zero attached hydrogens (tertiary/aromatic N) is 5. The maximum absolute atomic E-state index is 12.5. The molecule has 0 saturated carbocycles. The molecule has 0 atom stereocenters. The van der Waals surface area contributed by atoms with E-state index in [9.17, 15) is 52.4 Å². The number of nitrogen functional groups attached to an aromatic ring is 1. The molecule has 9 N–H and O–H groups in total. The molecule has 0 aliphatic rings. The van der Waals surface area contributed by atoms with E-state index in [0.717, 1.165) is 18.2 Å². The first-order chi connectivity index (χ1) is 26.6. The first-order valence-corrected chi connectivity index (χ1v) is 21.7. The Balaban J connectivity index is 1.43. The molecule has 0 radical (unpaired) electrons. The molecule has 0 spiro atoms. The van der Waals surface area contributed by atoms with Crippen LogP contribution in [0.15, 0.2) is 90.5 Å². The lowest BCUT2D eigenvalue weighted by Crippen LogP contribution is -2.11. The fraction of sp³-hybridized carbons (Fsp3) is 0.0741. The van der Waals surface area contributed by atoms with Gasteiger partial charge in [-0.15, -0.1) is 14.6 Å². The van der Waals surface area contributed by atoms with Crippen molar-refractivity contribution in [2.45, 2.75) is 19.6 Å². The highest BCUT2D eigenvalue weighted by molar-refractivity contribution is 7.91. The SMILES string of the molecule is Nc1c(S(=O)(=O)O)cc2cc(S(=O)(=O)O)cc(O)c2c1N=Nc1ccc(Nc2nc(Cl)nc(Nc3ccc(S(=O)(=O)CCOSOOO)cc3)n2)cc1S(=O)(=O)O. The van der Waals surface area contributed by atoms with Crippen molar-refractivity contribution in [2.75, 3.05) is 28.7 Å². The van der Waals surface area contributed by atoms with Gasteiger partial charge in [0.15, 0.2) is 22.2 Å². The number of hydrogen-bond donors (Lipinski definition) is 8. The molecule has 0 aliphatic carbocycles. The van der Waals surface area contributed by atoms with E-state index in [-0.39, 0.29) is 46.7 Å². The van der Waals surface area contributed by atoms with Crippen molar-refractivity contribution in [2.24, 2.45) is 10.2 Å². The number of nitrogens with one attached hydrogen (secondary N) is 2. The first kappa shape index (κ1) is 43.2. The number of hydrogen-bond acceptors (Lipinski definition) is 22. The second kappa shape index (κ2) is 16.9. The van der Waals surface area contributed by atoms with E-state index in [4.69, 9.17) is 26.8 Å². The molecule has 0 aliphatic heterocycles. The zero-order chi connectivity index (χ0) is 41.9. The smallest absolute Gasteiger partial charge is 0.296 e. The molecule has 304 valence electrons. The number of fused-ring (bicyclic) bond motifs is 1. The number of rotatable bonds is 16. The minimum atomic E-state index is -5.13. The Morgan fingerprint density at radius 1 is 0.754 bits per heavy atom. The van der Waals surface area contributed by atoms with Crippen LogP contribution in [0.25, 0.3) is 10.8 Å². The molecular formula is C27H23ClN8O16S5. The molecule has 5 aromatic rings. The molecule has 1 heterocycles. The third-order valence-corrected chi connectivity index (χ3v) is 12.0. The van der Waals surface area contributed by atoms with E-state index in [1.165, 1.54) is 30.3 Å². The van der Waals surface area contributed by atoms with Gasteiger partial charge in [0.2, 0.25) is 17.2 Å². The molecule has 1 aromatic heterocycles. The number of phenols is 1. The van der Waals surface area contributed by atoms with Crippen molar-refractivity contribution in [3.05, 3.63) is 65.9 Å². The number of benzene rings is 4. The van der Waals surface area contributed by atoms with Gasteiger partial charge >= 0.3 is 0 Å². The van der Waals surface area contributed by atoms with Crippen LogP contribution < -0.4 is 16.4 Å². The Bertz CT molecular complexity index is 2850. The molecular weight excluding hydrogens is 888 g/mol. The van der Waals surface area contributed by atoms with Crippen LogP contribution >= 0.6 is 23.9 Å². The minimum absolute atomic E-state index is 0.0644. The highest BCUT2D eigenvalue weighted by Crippen LogP contribution is 2.44. The lowest BCUT2D eigenvalue weighted by atomic mass is 10.1. The number of azo groups is 1. The molecule has 57 heavy (non-hydrogen) atoms. The van der Waals surface area contributed by atoms with Crippen molar-refractivity contribution < 1.29 is 71.2 Å². The average molecular weight is 911 g/mol. The summed E-state index contributed by atoms with van der Waals surface area (Å²) in [6, 6.07) is 10.4. The molecule has 0 amide bonds. The molecule has 4 aromatic carbocycles. The summed E-state index contributed by atoms with van der Waals surface area (Å²) in [7, 11) is -19.0. The van der Waals surface area contributed by atoms with Gasteiger partial charge in [0.25, 0.3) is 30.4 Å². The number of halogens is 1. The monoisotopic (exact) mass is 910 g/mol. The van der Waals surface area contributed by atoms with E-state index in [0.29, 0.717) is 17.8 Å². The van der Waals surface area contributed by atoms with Gasteiger partial charge < -0.3 is 21.5 Å². The zero-order valence-corrected chi connectivity index (χ0v) is 32.5. The second-order valence-corrected chi connectivity index (χ2v) is 18.0. The van der Waals surface area contributed by atoms with E-state index < -0.39 is 94.2 Å². The lowest BCUT2D eigenvalue weighted by molar-refractivity contribution is -0.434. The normalized spacial score (nSPS) is 12.6. The number of anilines is 5. The number of phenolic OH excluding ortho intramolecular Hbond substituents is 1. The van der Waals surface area contributed by atoms with Gasteiger partial charge in [0.1, 0.15) is 26.9 Å². The van der Waals surface area contributed by atoms with Gasteiger partial charge in [-0.25, -0.2) is 13.7 Å². The molecule has 0 bridgehead atoms. The third kappa shape index (κ3) is 10.7. The summed E-state index contributed by atoms with van der Waals surface area (Å²) in [6.07, 6.45) is 0. The van der Waals surface area contributed by atoms with Gasteiger partial charge in [-0.3, -0.25) is 17.8 Å². The van der Waals surface area contributed by atoms with Crippen LogP contribution in [0.4, 0.5) is 40.3 Å². The van der Waals surface area contributed by atoms with Crippen molar-refractivity contribution in [1.29, 1.82) is 0 Å². The Kier molecular flexibility index (Phi) is 12.8. The summed E-state index contributed by atoms with van der Waals surface area (Å²) in [5.74, 6) is -1.75. The van der Waals surface area contributed by atoms with E-state index in [1.54, 1.807) is 0 Å². The lowest BCUT2D eigenvalue weighted by Gasteiger charge is -2.12.